The van der Waals surface area contributed by atoms with Crippen LogP contribution in [0, 0.1) is 0 Å². The van der Waals surface area contributed by atoms with Gasteiger partial charge in [0.05, 0.1) is 10.7 Å². The third-order valence-electron chi connectivity index (χ3n) is 2.39. The molecule has 2 rings (SSSR count). The van der Waals surface area contributed by atoms with Gasteiger partial charge in [-0.1, -0.05) is 18.2 Å². The van der Waals surface area contributed by atoms with Crippen LogP contribution in [0.4, 0.5) is 5.69 Å². The molecular formula is C12H12BrN3O. The minimum absolute atomic E-state index is 0.0909. The van der Waals surface area contributed by atoms with Gasteiger partial charge in [-0.2, -0.15) is 5.10 Å². The summed E-state index contributed by atoms with van der Waals surface area (Å²) in [6, 6.07) is 9.02. The maximum Gasteiger partial charge on any atom is 0.248 e. The highest BCUT2D eigenvalue weighted by Crippen LogP contribution is 2.14. The van der Waals surface area contributed by atoms with Gasteiger partial charge < -0.3 is 5.32 Å². The lowest BCUT2D eigenvalue weighted by Crippen LogP contribution is -2.23. The van der Waals surface area contributed by atoms with Crippen molar-refractivity contribution < 1.29 is 4.79 Å². The Hall–Kier alpha value is -1.62. The van der Waals surface area contributed by atoms with Gasteiger partial charge in [0.25, 0.3) is 0 Å². The van der Waals surface area contributed by atoms with Gasteiger partial charge in [-0.3, -0.25) is 9.48 Å². The number of benzene rings is 1. The van der Waals surface area contributed by atoms with E-state index >= 15 is 0 Å². The molecule has 1 unspecified atom stereocenters. The van der Waals surface area contributed by atoms with Gasteiger partial charge in [0.15, 0.2) is 0 Å². The van der Waals surface area contributed by atoms with E-state index in [4.69, 9.17) is 0 Å². The molecule has 17 heavy (non-hydrogen) atoms. The van der Waals surface area contributed by atoms with Crippen LogP contribution >= 0.6 is 15.9 Å². The summed E-state index contributed by atoms with van der Waals surface area (Å²) in [5.74, 6) is -0.0909. The van der Waals surface area contributed by atoms with Crippen LogP contribution in [0.2, 0.25) is 0 Å². The van der Waals surface area contributed by atoms with E-state index in [1.165, 1.54) is 0 Å². The smallest absolute Gasteiger partial charge is 0.248 e. The number of carbonyl (C=O) groups excluding carboxylic acids is 1. The summed E-state index contributed by atoms with van der Waals surface area (Å²) in [5.41, 5.74) is 0.788. The molecule has 1 N–H and O–H groups in total. The lowest BCUT2D eigenvalue weighted by Gasteiger charge is -2.12. The lowest BCUT2D eigenvalue weighted by molar-refractivity contribution is -0.119. The number of amides is 1. The number of nitrogens with one attached hydrogen (secondary N) is 1. The highest BCUT2D eigenvalue weighted by Gasteiger charge is 2.15. The molecule has 1 atom stereocenters. The Balaban J connectivity index is 2.06. The fourth-order valence-electron chi connectivity index (χ4n) is 1.41. The fraction of sp³-hybridized carbons (Fsp3) is 0.167. The number of para-hydroxylation sites is 1. The predicted octanol–water partition coefficient (Wildman–Crippen LogP) is 2.85. The van der Waals surface area contributed by atoms with E-state index in [-0.39, 0.29) is 11.9 Å². The number of aromatic nitrogens is 2. The quantitative estimate of drug-likeness (QED) is 0.946. The molecule has 1 heterocycles. The zero-order chi connectivity index (χ0) is 12.3. The van der Waals surface area contributed by atoms with Crippen LogP contribution in [0.15, 0.2) is 47.2 Å². The van der Waals surface area contributed by atoms with E-state index < -0.39 is 0 Å². The van der Waals surface area contributed by atoms with E-state index in [0.29, 0.717) is 0 Å². The van der Waals surface area contributed by atoms with Gasteiger partial charge in [0.1, 0.15) is 6.04 Å². The standard InChI is InChI=1S/C12H12BrN3O/c1-9(16-8-10(13)7-14-16)12(17)15-11-5-3-2-4-6-11/h2-9H,1H3,(H,15,17). The third-order valence-corrected chi connectivity index (χ3v) is 2.80. The van der Waals surface area contributed by atoms with E-state index in [1.54, 1.807) is 24.0 Å². The lowest BCUT2D eigenvalue weighted by atomic mass is 10.3. The number of rotatable bonds is 3. The second-order valence-electron chi connectivity index (χ2n) is 3.67. The first-order chi connectivity index (χ1) is 8.16. The summed E-state index contributed by atoms with van der Waals surface area (Å²) >= 11 is 3.30. The molecule has 0 saturated carbocycles. The number of carbonyl (C=O) groups is 1. The first kappa shape index (κ1) is 11.9. The van der Waals surface area contributed by atoms with Crippen LogP contribution in [0.1, 0.15) is 13.0 Å². The van der Waals surface area contributed by atoms with Crippen molar-refractivity contribution in [2.45, 2.75) is 13.0 Å². The summed E-state index contributed by atoms with van der Waals surface area (Å²) in [5, 5.41) is 6.92. The van der Waals surface area contributed by atoms with Gasteiger partial charge >= 0.3 is 0 Å². The molecule has 0 aliphatic carbocycles. The molecule has 0 bridgehead atoms. The molecule has 2 aromatic rings. The van der Waals surface area contributed by atoms with E-state index in [0.717, 1.165) is 10.2 Å². The number of hydrogen-bond donors (Lipinski definition) is 1. The fourth-order valence-corrected chi connectivity index (χ4v) is 1.72. The molecule has 1 amide bonds. The van der Waals surface area contributed by atoms with E-state index in [1.807, 2.05) is 30.3 Å². The monoisotopic (exact) mass is 293 g/mol. The molecule has 0 spiro atoms. The Labute approximate surface area is 108 Å². The second kappa shape index (κ2) is 5.14. The van der Waals surface area contributed by atoms with Crippen molar-refractivity contribution in [3.63, 3.8) is 0 Å². The normalized spacial score (nSPS) is 12.1. The maximum atomic E-state index is 11.9. The molecule has 0 radical (unpaired) electrons. The number of halogens is 1. The summed E-state index contributed by atoms with van der Waals surface area (Å²) in [7, 11) is 0. The number of hydrogen-bond acceptors (Lipinski definition) is 2. The van der Waals surface area contributed by atoms with Crippen molar-refractivity contribution >= 4 is 27.5 Å². The van der Waals surface area contributed by atoms with Crippen molar-refractivity contribution in [2.24, 2.45) is 0 Å². The summed E-state index contributed by atoms with van der Waals surface area (Å²) < 4.78 is 2.47. The summed E-state index contributed by atoms with van der Waals surface area (Å²) in [6.07, 6.45) is 3.43. The van der Waals surface area contributed by atoms with Crippen molar-refractivity contribution in [3.05, 3.63) is 47.2 Å². The number of anilines is 1. The van der Waals surface area contributed by atoms with Gasteiger partial charge in [-0.15, -0.1) is 0 Å². The average molecular weight is 294 g/mol. The maximum absolute atomic E-state index is 11.9. The Kier molecular flexibility index (Phi) is 3.58. The zero-order valence-electron chi connectivity index (χ0n) is 9.30. The Morgan fingerprint density at radius 2 is 2.12 bits per heavy atom. The molecule has 1 aromatic carbocycles. The van der Waals surface area contributed by atoms with Crippen LogP contribution in [0.3, 0.4) is 0 Å². The van der Waals surface area contributed by atoms with E-state index in [2.05, 4.69) is 26.3 Å². The molecule has 0 saturated heterocycles. The summed E-state index contributed by atoms with van der Waals surface area (Å²) in [6.45, 7) is 1.80. The molecule has 0 aliphatic heterocycles. The highest BCUT2D eigenvalue weighted by atomic mass is 79.9. The molecular weight excluding hydrogens is 282 g/mol. The van der Waals surface area contributed by atoms with Crippen LogP contribution in [-0.2, 0) is 4.79 Å². The van der Waals surface area contributed by atoms with Gasteiger partial charge in [0.2, 0.25) is 5.91 Å². The van der Waals surface area contributed by atoms with Crippen molar-refractivity contribution in [1.29, 1.82) is 0 Å². The van der Waals surface area contributed by atoms with E-state index in [9.17, 15) is 4.79 Å². The first-order valence-electron chi connectivity index (χ1n) is 5.22. The largest absolute Gasteiger partial charge is 0.324 e. The summed E-state index contributed by atoms with van der Waals surface area (Å²) in [4.78, 5) is 11.9. The van der Waals surface area contributed by atoms with Crippen LogP contribution < -0.4 is 5.32 Å². The van der Waals surface area contributed by atoms with Crippen molar-refractivity contribution in [2.75, 3.05) is 5.32 Å². The highest BCUT2D eigenvalue weighted by molar-refractivity contribution is 9.10. The van der Waals surface area contributed by atoms with Gasteiger partial charge in [0, 0.05) is 11.9 Å². The minimum Gasteiger partial charge on any atom is -0.324 e. The van der Waals surface area contributed by atoms with Gasteiger partial charge in [-0.05, 0) is 35.0 Å². The Morgan fingerprint density at radius 1 is 1.41 bits per heavy atom. The molecule has 1 aromatic heterocycles. The Morgan fingerprint density at radius 3 is 2.71 bits per heavy atom. The van der Waals surface area contributed by atoms with Crippen LogP contribution in [0.5, 0.6) is 0 Å². The van der Waals surface area contributed by atoms with Crippen molar-refractivity contribution in [3.8, 4) is 0 Å². The number of nitrogens with zero attached hydrogens (tertiary/aromatic N) is 2. The molecule has 0 aliphatic rings. The molecule has 0 fully saturated rings. The predicted molar refractivity (Wildman–Crippen MR) is 69.7 cm³/mol. The first-order valence-corrected chi connectivity index (χ1v) is 6.01. The SMILES string of the molecule is CC(C(=O)Nc1ccccc1)n1cc(Br)cn1. The van der Waals surface area contributed by atoms with Crippen LogP contribution in [-0.4, -0.2) is 15.7 Å². The second-order valence-corrected chi connectivity index (χ2v) is 4.59. The minimum atomic E-state index is -0.346. The average Bonchev–Trinajstić information content (AvgIpc) is 2.76. The topological polar surface area (TPSA) is 46.9 Å². The molecule has 88 valence electrons. The van der Waals surface area contributed by atoms with Crippen molar-refractivity contribution in [1.82, 2.24) is 9.78 Å². The molecule has 5 heteroatoms. The Bertz CT molecular complexity index is 509. The van der Waals surface area contributed by atoms with Gasteiger partial charge in [-0.25, -0.2) is 0 Å². The zero-order valence-corrected chi connectivity index (χ0v) is 10.9. The third kappa shape index (κ3) is 2.94. The van der Waals surface area contributed by atoms with Crippen LogP contribution in [0.25, 0.3) is 0 Å². The molecule has 4 nitrogen and oxygen atoms in total.